The van der Waals surface area contributed by atoms with Gasteiger partial charge in [0.25, 0.3) is 12.3 Å². The van der Waals surface area contributed by atoms with E-state index in [1.807, 2.05) is 0 Å². The minimum Gasteiger partial charge on any atom is -0.375 e. The number of halogens is 2. The van der Waals surface area contributed by atoms with Crippen molar-refractivity contribution in [1.29, 1.82) is 0 Å². The maximum Gasteiger partial charge on any atom is 0.261 e. The van der Waals surface area contributed by atoms with Gasteiger partial charge in [-0.05, 0) is 0 Å². The lowest BCUT2D eigenvalue weighted by Gasteiger charge is -1.99. The van der Waals surface area contributed by atoms with Gasteiger partial charge in [0.05, 0.1) is 13.2 Å². The van der Waals surface area contributed by atoms with E-state index in [2.05, 4.69) is 14.9 Å². The first-order valence-electron chi connectivity index (χ1n) is 5.17. The third-order valence-corrected chi connectivity index (χ3v) is 1.71. The Bertz CT molecular complexity index is 309. The largest absolute Gasteiger partial charge is 0.375 e. The lowest BCUT2D eigenvalue weighted by atomic mass is 10.4. The van der Waals surface area contributed by atoms with Crippen molar-refractivity contribution in [1.82, 2.24) is 10.1 Å². The molecule has 8 heteroatoms. The summed E-state index contributed by atoms with van der Waals surface area (Å²) in [5, 5.41) is 3.65. The van der Waals surface area contributed by atoms with Crippen LogP contribution in [0.2, 0.25) is 0 Å². The van der Waals surface area contributed by atoms with Crippen molar-refractivity contribution < 1.29 is 22.8 Å². The fraction of sp³-hybridized carbons (Fsp3) is 0.778. The highest BCUT2D eigenvalue weighted by Gasteiger charge is 2.07. The Balaban J connectivity index is 2.16. The molecule has 0 aliphatic heterocycles. The molecule has 0 amide bonds. The molecule has 0 aliphatic rings. The summed E-state index contributed by atoms with van der Waals surface area (Å²) in [6.45, 7) is 0.580. The molecule has 0 aliphatic carbocycles. The van der Waals surface area contributed by atoms with E-state index in [9.17, 15) is 8.78 Å². The predicted molar refractivity (Wildman–Crippen MR) is 53.5 cm³/mol. The number of hydrogen-bond donors (Lipinski definition) is 1. The van der Waals surface area contributed by atoms with E-state index < -0.39 is 13.0 Å². The van der Waals surface area contributed by atoms with Crippen molar-refractivity contribution >= 4 is 0 Å². The van der Waals surface area contributed by atoms with E-state index in [0.717, 1.165) is 0 Å². The predicted octanol–water partition coefficient (Wildman–Crippen LogP) is 0.369. The molecule has 0 radical (unpaired) electrons. The normalized spacial score (nSPS) is 11.3. The number of nitrogens with zero attached hydrogens (tertiary/aromatic N) is 2. The highest BCUT2D eigenvalue weighted by atomic mass is 19.3. The van der Waals surface area contributed by atoms with Crippen molar-refractivity contribution in [2.75, 3.05) is 26.4 Å². The van der Waals surface area contributed by atoms with Crippen molar-refractivity contribution in [3.63, 3.8) is 0 Å². The first kappa shape index (κ1) is 13.9. The summed E-state index contributed by atoms with van der Waals surface area (Å²) in [4.78, 5) is 3.99. The Morgan fingerprint density at radius 3 is 2.82 bits per heavy atom. The topological polar surface area (TPSA) is 83.4 Å². The Hall–Kier alpha value is -1.12. The lowest BCUT2D eigenvalue weighted by molar-refractivity contribution is 0.0182. The quantitative estimate of drug-likeness (QED) is 0.638. The van der Waals surface area contributed by atoms with Gasteiger partial charge in [-0.2, -0.15) is 4.98 Å². The number of alkyl halides is 2. The summed E-state index contributed by atoms with van der Waals surface area (Å²) in [5.74, 6) is 0.743. The maximum atomic E-state index is 11.7. The Labute approximate surface area is 97.1 Å². The second kappa shape index (κ2) is 8.04. The fourth-order valence-electron chi connectivity index (χ4n) is 1.03. The van der Waals surface area contributed by atoms with Crippen molar-refractivity contribution in [3.05, 3.63) is 11.7 Å². The van der Waals surface area contributed by atoms with Crippen LogP contribution in [0.3, 0.4) is 0 Å². The van der Waals surface area contributed by atoms with E-state index in [-0.39, 0.29) is 13.2 Å². The minimum absolute atomic E-state index is 0.132. The molecule has 1 rings (SSSR count). The molecule has 0 saturated heterocycles. The van der Waals surface area contributed by atoms with Crippen LogP contribution in [0.5, 0.6) is 0 Å². The first-order valence-corrected chi connectivity index (χ1v) is 5.17. The van der Waals surface area contributed by atoms with Gasteiger partial charge in [0.15, 0.2) is 5.82 Å². The van der Waals surface area contributed by atoms with Crippen molar-refractivity contribution in [2.45, 2.75) is 19.5 Å². The number of ether oxygens (including phenoxy) is 2. The molecule has 17 heavy (non-hydrogen) atoms. The van der Waals surface area contributed by atoms with E-state index >= 15 is 0 Å². The molecular formula is C9H15F2N3O3. The molecule has 1 heterocycles. The molecule has 6 nitrogen and oxygen atoms in total. The number of nitrogens with two attached hydrogens (primary N) is 1. The van der Waals surface area contributed by atoms with Crippen LogP contribution < -0.4 is 5.73 Å². The van der Waals surface area contributed by atoms with Gasteiger partial charge >= 0.3 is 0 Å². The van der Waals surface area contributed by atoms with Gasteiger partial charge in [-0.25, -0.2) is 8.78 Å². The summed E-state index contributed by atoms with van der Waals surface area (Å²) in [6, 6.07) is 0. The molecular weight excluding hydrogens is 236 g/mol. The van der Waals surface area contributed by atoms with E-state index in [1.54, 1.807) is 0 Å². The van der Waals surface area contributed by atoms with Gasteiger partial charge in [-0.1, -0.05) is 5.16 Å². The SMILES string of the molecule is NCCOCc1nc(CCOCC(F)F)no1. The number of rotatable bonds is 9. The van der Waals surface area contributed by atoms with E-state index in [1.165, 1.54) is 0 Å². The van der Waals surface area contributed by atoms with Gasteiger partial charge in [-0.3, -0.25) is 0 Å². The summed E-state index contributed by atoms with van der Waals surface area (Å²) < 4.78 is 38.1. The second-order valence-corrected chi connectivity index (χ2v) is 3.16. The average Bonchev–Trinajstić information content (AvgIpc) is 2.73. The van der Waals surface area contributed by atoms with Gasteiger partial charge in [0.2, 0.25) is 0 Å². The minimum atomic E-state index is -2.46. The van der Waals surface area contributed by atoms with Crippen LogP contribution in [0.1, 0.15) is 11.7 Å². The second-order valence-electron chi connectivity index (χ2n) is 3.16. The Morgan fingerprint density at radius 2 is 2.12 bits per heavy atom. The molecule has 0 spiro atoms. The van der Waals surface area contributed by atoms with Crippen LogP contribution in [-0.4, -0.2) is 42.9 Å². The molecule has 0 bridgehead atoms. The van der Waals surface area contributed by atoms with Gasteiger partial charge < -0.3 is 19.7 Å². The highest BCUT2D eigenvalue weighted by Crippen LogP contribution is 2.01. The third-order valence-electron chi connectivity index (χ3n) is 1.71. The molecule has 98 valence electrons. The zero-order chi connectivity index (χ0) is 12.5. The third kappa shape index (κ3) is 6.25. The van der Waals surface area contributed by atoms with Crippen LogP contribution in [0.4, 0.5) is 8.78 Å². The summed E-state index contributed by atoms with van der Waals surface area (Å²) in [7, 11) is 0. The Kier molecular flexibility index (Phi) is 6.60. The molecule has 1 aromatic rings. The molecule has 0 atom stereocenters. The van der Waals surface area contributed by atoms with Crippen molar-refractivity contribution in [2.24, 2.45) is 5.73 Å². The Morgan fingerprint density at radius 1 is 1.29 bits per heavy atom. The monoisotopic (exact) mass is 251 g/mol. The summed E-state index contributed by atoms with van der Waals surface area (Å²) in [6.07, 6.45) is -2.13. The maximum absolute atomic E-state index is 11.7. The summed E-state index contributed by atoms with van der Waals surface area (Å²) in [5.41, 5.74) is 5.23. The van der Waals surface area contributed by atoms with Gasteiger partial charge in [-0.15, -0.1) is 0 Å². The number of hydrogen-bond acceptors (Lipinski definition) is 6. The van der Waals surface area contributed by atoms with Crippen LogP contribution >= 0.6 is 0 Å². The zero-order valence-corrected chi connectivity index (χ0v) is 9.27. The molecule has 0 saturated carbocycles. The van der Waals surface area contributed by atoms with Crippen LogP contribution in [0.15, 0.2) is 4.52 Å². The first-order chi connectivity index (χ1) is 8.22. The molecule has 0 fully saturated rings. The van der Waals surface area contributed by atoms with Crippen LogP contribution in [-0.2, 0) is 22.5 Å². The van der Waals surface area contributed by atoms with Crippen LogP contribution in [0, 0.1) is 0 Å². The van der Waals surface area contributed by atoms with E-state index in [0.29, 0.717) is 31.3 Å². The molecule has 0 unspecified atom stereocenters. The van der Waals surface area contributed by atoms with Crippen LogP contribution in [0.25, 0.3) is 0 Å². The molecule has 2 N–H and O–H groups in total. The van der Waals surface area contributed by atoms with Gasteiger partial charge in [0.1, 0.15) is 13.2 Å². The zero-order valence-electron chi connectivity index (χ0n) is 9.27. The summed E-state index contributed by atoms with van der Waals surface area (Å²) >= 11 is 0. The standard InChI is InChI=1S/C9H15F2N3O3/c10-7(11)5-15-3-1-8-13-9(17-14-8)6-16-4-2-12/h7H,1-6,12H2. The van der Waals surface area contributed by atoms with Crippen molar-refractivity contribution in [3.8, 4) is 0 Å². The smallest absolute Gasteiger partial charge is 0.261 e. The number of aromatic nitrogens is 2. The van der Waals surface area contributed by atoms with E-state index in [4.69, 9.17) is 15.0 Å². The molecule has 0 aromatic carbocycles. The molecule has 1 aromatic heterocycles. The average molecular weight is 251 g/mol. The van der Waals surface area contributed by atoms with Gasteiger partial charge in [0, 0.05) is 13.0 Å². The lowest BCUT2D eigenvalue weighted by Crippen LogP contribution is -2.08. The highest BCUT2D eigenvalue weighted by molar-refractivity contribution is 4.84. The fourth-order valence-corrected chi connectivity index (χ4v) is 1.03.